The second-order valence-electron chi connectivity index (χ2n) is 6.50. The summed E-state index contributed by atoms with van der Waals surface area (Å²) in [6.07, 6.45) is 4.05. The summed E-state index contributed by atoms with van der Waals surface area (Å²) in [6, 6.07) is 1.74. The van der Waals surface area contributed by atoms with Gasteiger partial charge in [0.2, 0.25) is 11.8 Å². The van der Waals surface area contributed by atoms with Crippen LogP contribution in [0.4, 0.5) is 0 Å². The van der Waals surface area contributed by atoms with Gasteiger partial charge in [0.05, 0.1) is 0 Å². The quantitative estimate of drug-likeness (QED) is 0.819. The molecule has 8 nitrogen and oxygen atoms in total. The van der Waals surface area contributed by atoms with Crippen LogP contribution in [-0.4, -0.2) is 69.4 Å². The topological polar surface area (TPSA) is 98.4 Å². The summed E-state index contributed by atoms with van der Waals surface area (Å²) >= 11 is 0. The maximum Gasteiger partial charge on any atom is 0.272 e. The SMILES string of the molecule is CC1CN(C(=O)CCC2CCC(=O)N2)CCN1C(=O)c1ccn[nH]1. The van der Waals surface area contributed by atoms with E-state index in [0.29, 0.717) is 44.6 Å². The summed E-state index contributed by atoms with van der Waals surface area (Å²) in [7, 11) is 0. The third-order valence-corrected chi connectivity index (χ3v) is 4.76. The lowest BCUT2D eigenvalue weighted by Gasteiger charge is -2.39. The van der Waals surface area contributed by atoms with Crippen LogP contribution in [0.25, 0.3) is 0 Å². The normalized spacial score (nSPS) is 24.1. The fraction of sp³-hybridized carbons (Fsp3) is 0.625. The zero-order valence-corrected chi connectivity index (χ0v) is 13.8. The zero-order valence-electron chi connectivity index (χ0n) is 13.8. The minimum atomic E-state index is -0.0826. The molecule has 0 aromatic carbocycles. The molecule has 0 spiro atoms. The lowest BCUT2D eigenvalue weighted by atomic mass is 10.1. The van der Waals surface area contributed by atoms with Gasteiger partial charge in [-0.3, -0.25) is 19.5 Å². The first-order valence-corrected chi connectivity index (χ1v) is 8.42. The van der Waals surface area contributed by atoms with E-state index in [-0.39, 0.29) is 29.8 Å². The van der Waals surface area contributed by atoms with E-state index in [9.17, 15) is 14.4 Å². The van der Waals surface area contributed by atoms with Gasteiger partial charge >= 0.3 is 0 Å². The first kappa shape index (κ1) is 16.5. The maximum atomic E-state index is 12.4. The second kappa shape index (κ2) is 7.02. The fourth-order valence-corrected chi connectivity index (χ4v) is 3.37. The van der Waals surface area contributed by atoms with Crippen molar-refractivity contribution < 1.29 is 14.4 Å². The lowest BCUT2D eigenvalue weighted by Crippen LogP contribution is -2.55. The van der Waals surface area contributed by atoms with Gasteiger partial charge < -0.3 is 15.1 Å². The van der Waals surface area contributed by atoms with Crippen molar-refractivity contribution in [3.8, 4) is 0 Å². The first-order valence-electron chi connectivity index (χ1n) is 8.42. The van der Waals surface area contributed by atoms with Crippen LogP contribution in [0.5, 0.6) is 0 Å². The van der Waals surface area contributed by atoms with Gasteiger partial charge in [-0.05, 0) is 25.8 Å². The van der Waals surface area contributed by atoms with Gasteiger partial charge in [0, 0.05) is 50.8 Å². The maximum absolute atomic E-state index is 12.4. The predicted molar refractivity (Wildman–Crippen MR) is 86.1 cm³/mol. The Balaban J connectivity index is 1.48. The molecule has 3 rings (SSSR count). The highest BCUT2D eigenvalue weighted by Crippen LogP contribution is 2.16. The van der Waals surface area contributed by atoms with Crippen LogP contribution < -0.4 is 5.32 Å². The van der Waals surface area contributed by atoms with E-state index in [4.69, 9.17) is 0 Å². The van der Waals surface area contributed by atoms with Gasteiger partial charge in [-0.2, -0.15) is 5.10 Å². The molecule has 3 amide bonds. The molecular formula is C16H23N5O3. The third-order valence-electron chi connectivity index (χ3n) is 4.76. The van der Waals surface area contributed by atoms with Crippen molar-refractivity contribution >= 4 is 17.7 Å². The molecule has 0 bridgehead atoms. The minimum Gasteiger partial charge on any atom is -0.353 e. The van der Waals surface area contributed by atoms with Crippen LogP contribution in [0.15, 0.2) is 12.3 Å². The predicted octanol–water partition coefficient (Wildman–Crippen LogP) is 0.141. The van der Waals surface area contributed by atoms with Crippen molar-refractivity contribution in [1.82, 2.24) is 25.3 Å². The Hall–Kier alpha value is -2.38. The summed E-state index contributed by atoms with van der Waals surface area (Å²) < 4.78 is 0. The number of aromatic amines is 1. The van der Waals surface area contributed by atoms with Gasteiger partial charge in [-0.15, -0.1) is 0 Å². The second-order valence-corrected chi connectivity index (χ2v) is 6.50. The van der Waals surface area contributed by atoms with Crippen LogP contribution in [0.2, 0.25) is 0 Å². The van der Waals surface area contributed by atoms with E-state index < -0.39 is 0 Å². The molecule has 3 heterocycles. The zero-order chi connectivity index (χ0) is 17.1. The summed E-state index contributed by atoms with van der Waals surface area (Å²) in [6.45, 7) is 3.55. The standard InChI is InChI=1S/C16H23N5O3/c1-11-10-20(15(23)5-3-12-2-4-14(22)18-12)8-9-21(11)16(24)13-6-7-17-19-13/h6-7,11-12H,2-5,8-10H2,1H3,(H,17,19)(H,18,22). The van der Waals surface area contributed by atoms with Crippen molar-refractivity contribution in [2.24, 2.45) is 0 Å². The Kier molecular flexibility index (Phi) is 4.82. The van der Waals surface area contributed by atoms with E-state index in [1.807, 2.05) is 11.8 Å². The minimum absolute atomic E-state index is 0.0373. The molecule has 2 atom stereocenters. The number of amides is 3. The number of rotatable bonds is 4. The number of aromatic nitrogens is 2. The van der Waals surface area contributed by atoms with Crippen LogP contribution in [0.1, 0.15) is 43.1 Å². The van der Waals surface area contributed by atoms with Gasteiger partial charge in [-0.1, -0.05) is 0 Å². The summed E-state index contributed by atoms with van der Waals surface area (Å²) in [5, 5.41) is 9.38. The van der Waals surface area contributed by atoms with E-state index in [1.54, 1.807) is 17.2 Å². The number of piperazine rings is 1. The first-order chi connectivity index (χ1) is 11.5. The molecule has 2 aliphatic heterocycles. The molecule has 1 aromatic heterocycles. The number of hydrogen-bond acceptors (Lipinski definition) is 4. The Labute approximate surface area is 140 Å². The van der Waals surface area contributed by atoms with Crippen LogP contribution >= 0.6 is 0 Å². The number of hydrogen-bond donors (Lipinski definition) is 2. The highest BCUT2D eigenvalue weighted by atomic mass is 16.2. The van der Waals surface area contributed by atoms with Gasteiger partial charge in [0.25, 0.3) is 5.91 Å². The molecule has 1 aromatic rings. The highest BCUT2D eigenvalue weighted by molar-refractivity contribution is 5.92. The number of carbonyl (C=O) groups is 3. The van der Waals surface area contributed by atoms with E-state index in [2.05, 4.69) is 15.5 Å². The fourth-order valence-electron chi connectivity index (χ4n) is 3.37. The molecule has 2 N–H and O–H groups in total. The Morgan fingerprint density at radius 1 is 1.38 bits per heavy atom. The monoisotopic (exact) mass is 333 g/mol. The average Bonchev–Trinajstić information content (AvgIpc) is 3.23. The molecule has 24 heavy (non-hydrogen) atoms. The molecule has 0 saturated carbocycles. The molecule has 0 aliphatic carbocycles. The molecule has 2 saturated heterocycles. The van der Waals surface area contributed by atoms with Gasteiger partial charge in [-0.25, -0.2) is 0 Å². The molecule has 2 fully saturated rings. The molecule has 0 radical (unpaired) electrons. The van der Waals surface area contributed by atoms with E-state index in [0.717, 1.165) is 6.42 Å². The van der Waals surface area contributed by atoms with Crippen LogP contribution in [-0.2, 0) is 9.59 Å². The number of H-pyrrole nitrogens is 1. The Morgan fingerprint density at radius 3 is 2.83 bits per heavy atom. The van der Waals surface area contributed by atoms with Gasteiger partial charge in [0.15, 0.2) is 0 Å². The van der Waals surface area contributed by atoms with Crippen molar-refractivity contribution in [3.05, 3.63) is 18.0 Å². The highest BCUT2D eigenvalue weighted by Gasteiger charge is 2.31. The summed E-state index contributed by atoms with van der Waals surface area (Å²) in [4.78, 5) is 39.5. The Bertz CT molecular complexity index is 615. The lowest BCUT2D eigenvalue weighted by molar-refractivity contribution is -0.134. The van der Waals surface area contributed by atoms with E-state index in [1.165, 1.54) is 0 Å². The van der Waals surface area contributed by atoms with E-state index >= 15 is 0 Å². The molecule has 130 valence electrons. The average molecular weight is 333 g/mol. The molecule has 2 unspecified atom stereocenters. The molecular weight excluding hydrogens is 310 g/mol. The third kappa shape index (κ3) is 3.58. The van der Waals surface area contributed by atoms with Crippen LogP contribution in [0.3, 0.4) is 0 Å². The summed E-state index contributed by atoms with van der Waals surface area (Å²) in [5.74, 6) is 0.0874. The Morgan fingerprint density at radius 2 is 2.21 bits per heavy atom. The molecule has 8 heteroatoms. The summed E-state index contributed by atoms with van der Waals surface area (Å²) in [5.41, 5.74) is 0.471. The number of nitrogens with one attached hydrogen (secondary N) is 2. The van der Waals surface area contributed by atoms with Gasteiger partial charge in [0.1, 0.15) is 5.69 Å². The van der Waals surface area contributed by atoms with Crippen molar-refractivity contribution in [1.29, 1.82) is 0 Å². The number of carbonyl (C=O) groups excluding carboxylic acids is 3. The largest absolute Gasteiger partial charge is 0.353 e. The smallest absolute Gasteiger partial charge is 0.272 e. The van der Waals surface area contributed by atoms with Crippen molar-refractivity contribution in [2.75, 3.05) is 19.6 Å². The van der Waals surface area contributed by atoms with Crippen molar-refractivity contribution in [2.45, 2.75) is 44.7 Å². The number of nitrogens with zero attached hydrogens (tertiary/aromatic N) is 3. The van der Waals surface area contributed by atoms with Crippen molar-refractivity contribution in [3.63, 3.8) is 0 Å². The van der Waals surface area contributed by atoms with Crippen LogP contribution in [0, 0.1) is 0 Å². The molecule has 2 aliphatic rings.